The predicted octanol–water partition coefficient (Wildman–Crippen LogP) is 1.61. The summed E-state index contributed by atoms with van der Waals surface area (Å²) in [6.07, 6.45) is 4.29. The van der Waals surface area contributed by atoms with Crippen molar-refractivity contribution < 1.29 is 14.2 Å². The van der Waals surface area contributed by atoms with Crippen LogP contribution in [0.3, 0.4) is 0 Å². The maximum atomic E-state index is 5.49. The van der Waals surface area contributed by atoms with Crippen molar-refractivity contribution in [3.63, 3.8) is 0 Å². The van der Waals surface area contributed by atoms with Crippen LogP contribution in [0.15, 0.2) is 0 Å². The van der Waals surface area contributed by atoms with Crippen molar-refractivity contribution in [1.82, 2.24) is 0 Å². The molecule has 0 spiro atoms. The van der Waals surface area contributed by atoms with Crippen molar-refractivity contribution in [2.75, 3.05) is 33.0 Å². The van der Waals surface area contributed by atoms with Crippen molar-refractivity contribution in [1.29, 1.82) is 0 Å². The van der Waals surface area contributed by atoms with Gasteiger partial charge in [0.2, 0.25) is 0 Å². The molecule has 1 unspecified atom stereocenters. The van der Waals surface area contributed by atoms with Crippen LogP contribution in [0.1, 0.15) is 26.2 Å². The monoisotopic (exact) mass is 246 g/mol. The van der Waals surface area contributed by atoms with Crippen molar-refractivity contribution in [3.05, 3.63) is 0 Å². The summed E-state index contributed by atoms with van der Waals surface area (Å²) in [5.41, 5.74) is 0. The second-order valence-corrected chi connectivity index (χ2v) is 6.47. The Morgan fingerprint density at radius 1 is 1.12 bits per heavy atom. The van der Waals surface area contributed by atoms with Gasteiger partial charge in [-0.15, -0.1) is 0 Å². The van der Waals surface area contributed by atoms with E-state index in [2.05, 4.69) is 6.92 Å². The summed E-state index contributed by atoms with van der Waals surface area (Å²) >= 11 is 0. The van der Waals surface area contributed by atoms with E-state index in [1.165, 1.54) is 31.4 Å². The van der Waals surface area contributed by atoms with Gasteiger partial charge in [-0.3, -0.25) is 0 Å². The van der Waals surface area contributed by atoms with Gasteiger partial charge in [0.1, 0.15) is 6.10 Å². The van der Waals surface area contributed by atoms with Crippen LogP contribution < -0.4 is 0 Å². The third kappa shape index (κ3) is 9.33. The molecule has 0 aromatic carbocycles. The van der Waals surface area contributed by atoms with Gasteiger partial charge in [0.15, 0.2) is 0 Å². The second-order valence-electron chi connectivity index (χ2n) is 4.35. The fourth-order valence-electron chi connectivity index (χ4n) is 1.64. The maximum Gasteiger partial charge on any atom is 0.104 e. The van der Waals surface area contributed by atoms with Gasteiger partial charge in [0.25, 0.3) is 0 Å². The molecule has 1 fully saturated rings. The normalized spacial score (nSPS) is 19.7. The summed E-state index contributed by atoms with van der Waals surface area (Å²) in [5.74, 6) is 0. The van der Waals surface area contributed by atoms with Gasteiger partial charge in [-0.05, 0) is 19.8 Å². The van der Waals surface area contributed by atoms with Crippen LogP contribution >= 0.6 is 0 Å². The molecule has 3 nitrogen and oxygen atoms in total. The lowest BCUT2D eigenvalue weighted by molar-refractivity contribution is 0.117. The summed E-state index contributed by atoms with van der Waals surface area (Å²) in [4.78, 5) is 0. The van der Waals surface area contributed by atoms with Gasteiger partial charge in [0, 0.05) is 29.3 Å². The SMILES string of the molecule is CCOCCCC[SiH2]CCCOCC1CO1. The smallest absolute Gasteiger partial charge is 0.104 e. The Bertz CT molecular complexity index is 151. The molecule has 0 bridgehead atoms. The van der Waals surface area contributed by atoms with Crippen molar-refractivity contribution in [2.45, 2.75) is 44.4 Å². The Morgan fingerprint density at radius 3 is 2.62 bits per heavy atom. The molecule has 4 heteroatoms. The third-order valence-corrected chi connectivity index (χ3v) is 4.74. The van der Waals surface area contributed by atoms with Crippen LogP contribution in [-0.4, -0.2) is 48.7 Å². The third-order valence-electron chi connectivity index (χ3n) is 2.74. The molecular weight excluding hydrogens is 220 g/mol. The van der Waals surface area contributed by atoms with Crippen LogP contribution in [0, 0.1) is 0 Å². The molecule has 0 aromatic rings. The minimum Gasteiger partial charge on any atom is -0.382 e. The molecular formula is C12H26O3Si. The molecule has 1 aliphatic rings. The maximum absolute atomic E-state index is 5.49. The van der Waals surface area contributed by atoms with Crippen LogP contribution in [0.5, 0.6) is 0 Å². The van der Waals surface area contributed by atoms with E-state index >= 15 is 0 Å². The summed E-state index contributed by atoms with van der Waals surface area (Å²) in [5, 5.41) is 0. The zero-order valence-electron chi connectivity index (χ0n) is 10.6. The molecule has 1 saturated heterocycles. The first kappa shape index (κ1) is 14.2. The van der Waals surface area contributed by atoms with Crippen molar-refractivity contribution in [2.24, 2.45) is 0 Å². The van der Waals surface area contributed by atoms with E-state index < -0.39 is 0 Å². The molecule has 1 rings (SSSR count). The standard InChI is InChI=1S/C12H26O3Si/c1-2-13-6-3-4-8-16-9-5-7-14-10-12-11-15-12/h12H,2-11,16H2,1H3. The first-order chi connectivity index (χ1) is 7.93. The van der Waals surface area contributed by atoms with E-state index in [0.717, 1.165) is 33.0 Å². The van der Waals surface area contributed by atoms with E-state index in [9.17, 15) is 0 Å². The fourth-order valence-corrected chi connectivity index (χ4v) is 3.26. The highest BCUT2D eigenvalue weighted by molar-refractivity contribution is 6.35. The average Bonchev–Trinajstić information content (AvgIpc) is 3.10. The molecule has 1 aliphatic heterocycles. The van der Waals surface area contributed by atoms with Crippen LogP contribution in [0.2, 0.25) is 12.1 Å². The van der Waals surface area contributed by atoms with E-state index in [0.29, 0.717) is 6.10 Å². The summed E-state index contributed by atoms with van der Waals surface area (Å²) in [7, 11) is 0.179. The van der Waals surface area contributed by atoms with Crippen LogP contribution in [-0.2, 0) is 14.2 Å². The van der Waals surface area contributed by atoms with Crippen molar-refractivity contribution >= 4 is 9.52 Å². The summed E-state index contributed by atoms with van der Waals surface area (Å²) in [6.45, 7) is 6.53. The Hall–Kier alpha value is 0.0969. The highest BCUT2D eigenvalue weighted by Crippen LogP contribution is 2.08. The van der Waals surface area contributed by atoms with Gasteiger partial charge >= 0.3 is 0 Å². The van der Waals surface area contributed by atoms with Gasteiger partial charge in [-0.1, -0.05) is 18.5 Å². The molecule has 0 N–H and O–H groups in total. The lowest BCUT2D eigenvalue weighted by Gasteiger charge is -2.03. The number of epoxide rings is 1. The zero-order chi connectivity index (χ0) is 11.5. The number of ether oxygens (including phenoxy) is 3. The highest BCUT2D eigenvalue weighted by atomic mass is 28.2. The van der Waals surface area contributed by atoms with Crippen LogP contribution in [0.4, 0.5) is 0 Å². The second kappa shape index (κ2) is 10.3. The number of hydrogen-bond donors (Lipinski definition) is 0. The van der Waals surface area contributed by atoms with E-state index in [1.54, 1.807) is 0 Å². The molecule has 16 heavy (non-hydrogen) atoms. The largest absolute Gasteiger partial charge is 0.382 e. The Morgan fingerprint density at radius 2 is 1.88 bits per heavy atom. The Labute approximate surface area is 102 Å². The number of rotatable bonds is 12. The first-order valence-corrected chi connectivity index (χ1v) is 8.70. The molecule has 0 radical (unpaired) electrons. The molecule has 0 saturated carbocycles. The van der Waals surface area contributed by atoms with Gasteiger partial charge in [-0.2, -0.15) is 0 Å². The first-order valence-electron chi connectivity index (χ1n) is 6.70. The zero-order valence-corrected chi connectivity index (χ0v) is 12.0. The van der Waals surface area contributed by atoms with Crippen molar-refractivity contribution in [3.8, 4) is 0 Å². The lowest BCUT2D eigenvalue weighted by atomic mass is 10.4. The highest BCUT2D eigenvalue weighted by Gasteiger charge is 2.21. The Kier molecular flexibility index (Phi) is 9.08. The number of unbranched alkanes of at least 4 members (excludes halogenated alkanes) is 1. The summed E-state index contributed by atoms with van der Waals surface area (Å²) < 4.78 is 15.9. The van der Waals surface area contributed by atoms with Gasteiger partial charge in [-0.25, -0.2) is 0 Å². The minimum absolute atomic E-state index is 0.179. The van der Waals surface area contributed by atoms with E-state index in [-0.39, 0.29) is 9.52 Å². The minimum atomic E-state index is 0.179. The Balaban J connectivity index is 1.61. The fraction of sp³-hybridized carbons (Fsp3) is 1.00. The topological polar surface area (TPSA) is 31.0 Å². The number of hydrogen-bond acceptors (Lipinski definition) is 3. The lowest BCUT2D eigenvalue weighted by Crippen LogP contribution is -2.03. The predicted molar refractivity (Wildman–Crippen MR) is 69.1 cm³/mol. The van der Waals surface area contributed by atoms with E-state index in [4.69, 9.17) is 14.2 Å². The van der Waals surface area contributed by atoms with E-state index in [1.807, 2.05) is 0 Å². The molecule has 1 atom stereocenters. The molecule has 0 amide bonds. The molecule has 0 aromatic heterocycles. The summed E-state index contributed by atoms with van der Waals surface area (Å²) in [6, 6.07) is 2.90. The molecule has 0 aliphatic carbocycles. The van der Waals surface area contributed by atoms with Gasteiger partial charge in [0.05, 0.1) is 13.2 Å². The average molecular weight is 246 g/mol. The quantitative estimate of drug-likeness (QED) is 0.298. The molecule has 96 valence electrons. The van der Waals surface area contributed by atoms with Gasteiger partial charge < -0.3 is 14.2 Å². The van der Waals surface area contributed by atoms with Crippen LogP contribution in [0.25, 0.3) is 0 Å². The molecule has 1 heterocycles.